The van der Waals surface area contributed by atoms with Gasteiger partial charge in [0.05, 0.1) is 5.52 Å². The zero-order valence-electron chi connectivity index (χ0n) is 11.3. The number of anilines is 1. The predicted octanol–water partition coefficient (Wildman–Crippen LogP) is 2.88. The summed E-state index contributed by atoms with van der Waals surface area (Å²) in [5.41, 5.74) is 0.645. The zero-order chi connectivity index (χ0) is 14.4. The Kier molecular flexibility index (Phi) is 5.17. The molecule has 5 nitrogen and oxygen atoms in total. The maximum absolute atomic E-state index is 11.1. The molecule has 1 aromatic carbocycles. The molecule has 6 heteroatoms. The molecule has 0 spiro atoms. The minimum atomic E-state index is -1.11. The van der Waals surface area contributed by atoms with E-state index in [0.29, 0.717) is 11.3 Å². The molecule has 0 bridgehead atoms. The van der Waals surface area contributed by atoms with Crippen LogP contribution in [0.2, 0.25) is 0 Å². The third kappa shape index (κ3) is 3.60. The number of carboxylic acids is 1. The Balaban J connectivity index is 2.19. The Morgan fingerprint density at radius 2 is 2.10 bits per heavy atom. The number of aromatic carboxylic acids is 1. The number of carbonyl (C=O) groups is 1. The number of aromatic nitrogens is 2. The van der Waals surface area contributed by atoms with Crippen LogP contribution in [0, 0.1) is 0 Å². The second-order valence-electron chi connectivity index (χ2n) is 4.34. The summed E-state index contributed by atoms with van der Waals surface area (Å²) in [6.45, 7) is 0.778. The second-order valence-corrected chi connectivity index (χ2v) is 5.33. The van der Waals surface area contributed by atoms with Crippen molar-refractivity contribution < 1.29 is 9.90 Å². The summed E-state index contributed by atoms with van der Waals surface area (Å²) in [4.78, 5) is 19.2. The molecule has 1 aromatic heterocycles. The zero-order valence-corrected chi connectivity index (χ0v) is 12.1. The van der Waals surface area contributed by atoms with E-state index in [-0.39, 0.29) is 5.82 Å². The van der Waals surface area contributed by atoms with Gasteiger partial charge in [-0.05, 0) is 37.0 Å². The topological polar surface area (TPSA) is 75.1 Å². The number of rotatable bonds is 7. The van der Waals surface area contributed by atoms with Gasteiger partial charge in [-0.15, -0.1) is 0 Å². The van der Waals surface area contributed by atoms with Gasteiger partial charge in [0.1, 0.15) is 5.82 Å². The SMILES string of the molecule is CSCCCCNc1nc(C(=O)O)nc2ccccc12. The number of nitrogens with one attached hydrogen (secondary N) is 1. The first-order chi connectivity index (χ1) is 9.72. The molecule has 0 aliphatic carbocycles. The van der Waals surface area contributed by atoms with Crippen LogP contribution in [0.25, 0.3) is 10.9 Å². The molecule has 0 unspecified atom stereocenters. The van der Waals surface area contributed by atoms with E-state index in [0.717, 1.165) is 30.5 Å². The van der Waals surface area contributed by atoms with E-state index < -0.39 is 5.97 Å². The van der Waals surface area contributed by atoms with Crippen molar-refractivity contribution in [3.05, 3.63) is 30.1 Å². The Hall–Kier alpha value is -1.82. The number of benzene rings is 1. The fourth-order valence-corrected chi connectivity index (χ4v) is 2.38. The molecule has 0 radical (unpaired) electrons. The lowest BCUT2D eigenvalue weighted by Gasteiger charge is -2.09. The average molecular weight is 291 g/mol. The minimum Gasteiger partial charge on any atom is -0.475 e. The maximum atomic E-state index is 11.1. The molecule has 0 amide bonds. The average Bonchev–Trinajstić information content (AvgIpc) is 2.46. The van der Waals surface area contributed by atoms with Gasteiger partial charge in [-0.3, -0.25) is 0 Å². The van der Waals surface area contributed by atoms with E-state index in [9.17, 15) is 4.79 Å². The summed E-state index contributed by atoms with van der Waals surface area (Å²) in [6.07, 6.45) is 4.25. The van der Waals surface area contributed by atoms with Gasteiger partial charge >= 0.3 is 5.97 Å². The van der Waals surface area contributed by atoms with Crippen LogP contribution in [0.4, 0.5) is 5.82 Å². The number of fused-ring (bicyclic) bond motifs is 1. The number of para-hydroxylation sites is 1. The van der Waals surface area contributed by atoms with E-state index in [1.54, 1.807) is 6.07 Å². The number of carboxylic acid groups (broad SMARTS) is 1. The molecule has 1 heterocycles. The third-order valence-electron chi connectivity index (χ3n) is 2.86. The van der Waals surface area contributed by atoms with Crippen molar-refractivity contribution in [2.45, 2.75) is 12.8 Å². The van der Waals surface area contributed by atoms with Crippen LogP contribution >= 0.6 is 11.8 Å². The molecular weight excluding hydrogens is 274 g/mol. The molecule has 2 N–H and O–H groups in total. The lowest BCUT2D eigenvalue weighted by atomic mass is 10.2. The van der Waals surface area contributed by atoms with Gasteiger partial charge in [0.15, 0.2) is 0 Å². The van der Waals surface area contributed by atoms with Crippen molar-refractivity contribution in [3.8, 4) is 0 Å². The highest BCUT2D eigenvalue weighted by Crippen LogP contribution is 2.20. The summed E-state index contributed by atoms with van der Waals surface area (Å²) in [6, 6.07) is 7.42. The highest BCUT2D eigenvalue weighted by atomic mass is 32.2. The molecular formula is C14H17N3O2S. The standard InChI is InChI=1S/C14H17N3O2S/c1-20-9-5-4-8-15-12-10-6-2-3-7-11(10)16-13(17-12)14(18)19/h2-3,6-7H,4-5,8-9H2,1H3,(H,18,19)(H,15,16,17). The Morgan fingerprint density at radius 1 is 1.30 bits per heavy atom. The van der Waals surface area contributed by atoms with E-state index in [1.165, 1.54) is 0 Å². The molecule has 0 fully saturated rings. The Labute approximate surface area is 121 Å². The van der Waals surface area contributed by atoms with Crippen molar-refractivity contribution >= 4 is 34.5 Å². The van der Waals surface area contributed by atoms with Crippen LogP contribution in [0.15, 0.2) is 24.3 Å². The van der Waals surface area contributed by atoms with Crippen LogP contribution in [0.1, 0.15) is 23.5 Å². The highest BCUT2D eigenvalue weighted by Gasteiger charge is 2.12. The number of unbranched alkanes of at least 4 members (excludes halogenated alkanes) is 1. The van der Waals surface area contributed by atoms with Crippen molar-refractivity contribution in [1.29, 1.82) is 0 Å². The molecule has 2 aromatic rings. The van der Waals surface area contributed by atoms with Crippen molar-refractivity contribution in [2.75, 3.05) is 23.9 Å². The molecule has 106 valence electrons. The first-order valence-corrected chi connectivity index (χ1v) is 7.84. The van der Waals surface area contributed by atoms with E-state index >= 15 is 0 Å². The van der Waals surface area contributed by atoms with Gasteiger partial charge < -0.3 is 10.4 Å². The van der Waals surface area contributed by atoms with Gasteiger partial charge in [0, 0.05) is 11.9 Å². The fraction of sp³-hybridized carbons (Fsp3) is 0.357. The predicted molar refractivity (Wildman–Crippen MR) is 82.6 cm³/mol. The van der Waals surface area contributed by atoms with Crippen LogP contribution in [0.3, 0.4) is 0 Å². The molecule has 2 rings (SSSR count). The summed E-state index contributed by atoms with van der Waals surface area (Å²) in [7, 11) is 0. The number of thioether (sulfide) groups is 1. The molecule has 0 aliphatic heterocycles. The molecule has 0 aliphatic rings. The van der Waals surface area contributed by atoms with Crippen molar-refractivity contribution in [2.24, 2.45) is 0 Å². The van der Waals surface area contributed by atoms with Gasteiger partial charge in [-0.1, -0.05) is 12.1 Å². The summed E-state index contributed by atoms with van der Waals surface area (Å²) >= 11 is 1.83. The lowest BCUT2D eigenvalue weighted by molar-refractivity contribution is 0.0684. The highest BCUT2D eigenvalue weighted by molar-refractivity contribution is 7.98. The number of nitrogens with zero attached hydrogens (tertiary/aromatic N) is 2. The van der Waals surface area contributed by atoms with Crippen LogP contribution in [-0.2, 0) is 0 Å². The van der Waals surface area contributed by atoms with Gasteiger partial charge in [0.25, 0.3) is 0 Å². The third-order valence-corrected chi connectivity index (χ3v) is 3.56. The molecule has 0 saturated carbocycles. The first kappa shape index (κ1) is 14.6. The number of hydrogen-bond donors (Lipinski definition) is 2. The maximum Gasteiger partial charge on any atom is 0.374 e. The summed E-state index contributed by atoms with van der Waals surface area (Å²) in [5.74, 6) is 0.445. The van der Waals surface area contributed by atoms with Crippen LogP contribution in [-0.4, -0.2) is 39.6 Å². The molecule has 0 saturated heterocycles. The van der Waals surface area contributed by atoms with Crippen LogP contribution in [0.5, 0.6) is 0 Å². The first-order valence-electron chi connectivity index (χ1n) is 6.45. The van der Waals surface area contributed by atoms with E-state index in [4.69, 9.17) is 5.11 Å². The summed E-state index contributed by atoms with van der Waals surface area (Å²) in [5, 5.41) is 13.1. The number of hydrogen-bond acceptors (Lipinski definition) is 5. The van der Waals surface area contributed by atoms with Crippen molar-refractivity contribution in [1.82, 2.24) is 9.97 Å². The van der Waals surface area contributed by atoms with Gasteiger partial charge in [-0.2, -0.15) is 11.8 Å². The van der Waals surface area contributed by atoms with Crippen molar-refractivity contribution in [3.63, 3.8) is 0 Å². The second kappa shape index (κ2) is 7.09. The molecule has 0 atom stereocenters. The minimum absolute atomic E-state index is 0.171. The van der Waals surface area contributed by atoms with Crippen LogP contribution < -0.4 is 5.32 Å². The normalized spacial score (nSPS) is 10.7. The van der Waals surface area contributed by atoms with E-state index in [1.807, 2.05) is 30.0 Å². The van der Waals surface area contributed by atoms with E-state index in [2.05, 4.69) is 21.5 Å². The Bertz CT molecular complexity index is 604. The van der Waals surface area contributed by atoms with Gasteiger partial charge in [-0.25, -0.2) is 14.8 Å². The largest absolute Gasteiger partial charge is 0.475 e. The smallest absolute Gasteiger partial charge is 0.374 e. The Morgan fingerprint density at radius 3 is 2.85 bits per heavy atom. The molecule has 20 heavy (non-hydrogen) atoms. The quantitative estimate of drug-likeness (QED) is 0.764. The van der Waals surface area contributed by atoms with Gasteiger partial charge in [0.2, 0.25) is 5.82 Å². The monoisotopic (exact) mass is 291 g/mol. The summed E-state index contributed by atoms with van der Waals surface area (Å²) < 4.78 is 0. The fourth-order valence-electron chi connectivity index (χ4n) is 1.89. The lowest BCUT2D eigenvalue weighted by Crippen LogP contribution is -2.10.